The third-order valence-electron chi connectivity index (χ3n) is 4.54. The molecule has 0 spiro atoms. The molecular weight excluding hydrogens is 416 g/mol. The summed E-state index contributed by atoms with van der Waals surface area (Å²) in [5, 5.41) is 7.71. The molecule has 0 saturated carbocycles. The molecule has 0 fully saturated rings. The molecule has 0 saturated heterocycles. The van der Waals surface area contributed by atoms with Gasteiger partial charge in [0.2, 0.25) is 11.7 Å². The van der Waals surface area contributed by atoms with Crippen molar-refractivity contribution in [2.24, 2.45) is 0 Å². The standard InChI is InChI=1S/C23H24N2O5S/c1-28-19-12-16(13-20(29-2)22(19)30-3)23(27)25-17-8-6-15(7-9-17)11-21(26)24-14-18-5-4-10-31-18/h4-10,12-13H,11,14H2,1-3H3,(H,24,26)(H,25,27). The van der Waals surface area contributed by atoms with E-state index >= 15 is 0 Å². The summed E-state index contributed by atoms with van der Waals surface area (Å²) in [6.45, 7) is 0.527. The summed E-state index contributed by atoms with van der Waals surface area (Å²) < 4.78 is 15.9. The van der Waals surface area contributed by atoms with Crippen LogP contribution in [0, 0.1) is 0 Å². The SMILES string of the molecule is COc1cc(C(=O)Nc2ccc(CC(=O)NCc3cccs3)cc2)cc(OC)c1OC. The summed E-state index contributed by atoms with van der Waals surface area (Å²) in [4.78, 5) is 25.9. The highest BCUT2D eigenvalue weighted by molar-refractivity contribution is 7.09. The van der Waals surface area contributed by atoms with Gasteiger partial charge < -0.3 is 24.8 Å². The molecule has 3 rings (SSSR count). The molecule has 8 heteroatoms. The van der Waals surface area contributed by atoms with Crippen molar-refractivity contribution in [1.29, 1.82) is 0 Å². The number of carbonyl (C=O) groups excluding carboxylic acids is 2. The molecule has 0 unspecified atom stereocenters. The smallest absolute Gasteiger partial charge is 0.255 e. The molecule has 2 aromatic carbocycles. The minimum atomic E-state index is -0.319. The molecule has 3 aromatic rings. The first-order valence-electron chi connectivity index (χ1n) is 9.53. The number of thiophene rings is 1. The van der Waals surface area contributed by atoms with Crippen LogP contribution in [0.15, 0.2) is 53.9 Å². The van der Waals surface area contributed by atoms with E-state index < -0.39 is 0 Å². The number of amides is 2. The fourth-order valence-corrected chi connectivity index (χ4v) is 3.61. The summed E-state index contributed by atoms with van der Waals surface area (Å²) in [6.07, 6.45) is 0.270. The Labute approximate surface area is 185 Å². The first kappa shape index (κ1) is 22.2. The molecule has 1 aromatic heterocycles. The van der Waals surface area contributed by atoms with E-state index in [1.165, 1.54) is 21.3 Å². The zero-order valence-corrected chi connectivity index (χ0v) is 18.4. The van der Waals surface area contributed by atoms with Gasteiger partial charge in [-0.1, -0.05) is 18.2 Å². The molecule has 2 amide bonds. The zero-order valence-electron chi connectivity index (χ0n) is 17.6. The molecule has 31 heavy (non-hydrogen) atoms. The van der Waals surface area contributed by atoms with E-state index in [0.29, 0.717) is 35.0 Å². The number of methoxy groups -OCH3 is 3. The summed E-state index contributed by atoms with van der Waals surface area (Å²) in [5.41, 5.74) is 1.84. The van der Waals surface area contributed by atoms with Gasteiger partial charge in [0.05, 0.1) is 34.3 Å². The Balaban J connectivity index is 1.61. The minimum Gasteiger partial charge on any atom is -0.493 e. The van der Waals surface area contributed by atoms with Crippen molar-refractivity contribution in [3.8, 4) is 17.2 Å². The van der Waals surface area contributed by atoms with Gasteiger partial charge in [-0.3, -0.25) is 9.59 Å². The normalized spacial score (nSPS) is 10.3. The van der Waals surface area contributed by atoms with Crippen LogP contribution in [0.5, 0.6) is 17.2 Å². The molecule has 0 atom stereocenters. The van der Waals surface area contributed by atoms with Crippen molar-refractivity contribution in [3.63, 3.8) is 0 Å². The van der Waals surface area contributed by atoms with Crippen molar-refractivity contribution in [3.05, 3.63) is 69.9 Å². The van der Waals surface area contributed by atoms with E-state index in [-0.39, 0.29) is 18.2 Å². The third-order valence-corrected chi connectivity index (χ3v) is 5.42. The maximum absolute atomic E-state index is 12.7. The number of ether oxygens (including phenoxy) is 3. The van der Waals surface area contributed by atoms with Crippen LogP contribution < -0.4 is 24.8 Å². The number of rotatable bonds is 9. The molecule has 0 radical (unpaired) electrons. The van der Waals surface area contributed by atoms with Gasteiger partial charge in [-0.25, -0.2) is 0 Å². The summed E-state index contributed by atoms with van der Waals surface area (Å²) in [7, 11) is 4.49. The number of anilines is 1. The Morgan fingerprint density at radius 2 is 1.61 bits per heavy atom. The zero-order chi connectivity index (χ0) is 22.2. The number of nitrogens with one attached hydrogen (secondary N) is 2. The van der Waals surface area contributed by atoms with E-state index in [1.807, 2.05) is 29.6 Å². The minimum absolute atomic E-state index is 0.0531. The lowest BCUT2D eigenvalue weighted by molar-refractivity contribution is -0.120. The monoisotopic (exact) mass is 440 g/mol. The van der Waals surface area contributed by atoms with E-state index in [0.717, 1.165) is 10.4 Å². The molecule has 0 aliphatic carbocycles. The van der Waals surface area contributed by atoms with Gasteiger partial charge in [0.1, 0.15) is 0 Å². The Morgan fingerprint density at radius 1 is 0.935 bits per heavy atom. The van der Waals surface area contributed by atoms with Gasteiger partial charge >= 0.3 is 0 Å². The van der Waals surface area contributed by atoms with Gasteiger partial charge in [-0.2, -0.15) is 0 Å². The topological polar surface area (TPSA) is 85.9 Å². The summed E-state index contributed by atoms with van der Waals surface area (Å²) in [6, 6.07) is 14.3. The van der Waals surface area contributed by atoms with Crippen LogP contribution in [0.3, 0.4) is 0 Å². The molecule has 7 nitrogen and oxygen atoms in total. The van der Waals surface area contributed by atoms with Crippen molar-refractivity contribution in [2.45, 2.75) is 13.0 Å². The quantitative estimate of drug-likeness (QED) is 0.527. The van der Waals surface area contributed by atoms with Crippen LogP contribution >= 0.6 is 11.3 Å². The van der Waals surface area contributed by atoms with Gasteiger partial charge in [0.15, 0.2) is 11.5 Å². The predicted molar refractivity (Wildman–Crippen MR) is 120 cm³/mol. The second-order valence-corrected chi connectivity index (χ2v) is 7.63. The summed E-state index contributed by atoms with van der Waals surface area (Å²) >= 11 is 1.61. The number of benzene rings is 2. The molecule has 0 aliphatic heterocycles. The number of hydrogen-bond acceptors (Lipinski definition) is 6. The summed E-state index contributed by atoms with van der Waals surface area (Å²) in [5.74, 6) is 0.846. The third kappa shape index (κ3) is 5.76. The number of hydrogen-bond donors (Lipinski definition) is 2. The lowest BCUT2D eigenvalue weighted by atomic mass is 10.1. The van der Waals surface area contributed by atoms with Crippen molar-refractivity contribution in [2.75, 3.05) is 26.6 Å². The van der Waals surface area contributed by atoms with Crippen LogP contribution in [0.4, 0.5) is 5.69 Å². The van der Waals surface area contributed by atoms with E-state index in [4.69, 9.17) is 14.2 Å². The van der Waals surface area contributed by atoms with E-state index in [2.05, 4.69) is 10.6 Å². The Morgan fingerprint density at radius 3 is 2.16 bits per heavy atom. The van der Waals surface area contributed by atoms with Crippen LogP contribution in [0.1, 0.15) is 20.8 Å². The highest BCUT2D eigenvalue weighted by atomic mass is 32.1. The largest absolute Gasteiger partial charge is 0.493 e. The molecular formula is C23H24N2O5S. The highest BCUT2D eigenvalue weighted by Gasteiger charge is 2.17. The van der Waals surface area contributed by atoms with E-state index in [9.17, 15) is 9.59 Å². The molecule has 162 valence electrons. The molecule has 1 heterocycles. The maximum atomic E-state index is 12.7. The second kappa shape index (κ2) is 10.5. The average Bonchev–Trinajstić information content (AvgIpc) is 3.31. The van der Waals surface area contributed by atoms with Gasteiger partial charge in [-0.15, -0.1) is 11.3 Å². The van der Waals surface area contributed by atoms with Crippen molar-refractivity contribution in [1.82, 2.24) is 5.32 Å². The molecule has 2 N–H and O–H groups in total. The fraction of sp³-hybridized carbons (Fsp3) is 0.217. The lowest BCUT2D eigenvalue weighted by Gasteiger charge is -2.14. The van der Waals surface area contributed by atoms with Crippen LogP contribution in [-0.4, -0.2) is 33.1 Å². The molecule has 0 bridgehead atoms. The Kier molecular flexibility index (Phi) is 7.50. The fourth-order valence-electron chi connectivity index (χ4n) is 2.97. The van der Waals surface area contributed by atoms with Crippen LogP contribution in [-0.2, 0) is 17.8 Å². The first-order chi connectivity index (χ1) is 15.0. The second-order valence-electron chi connectivity index (χ2n) is 6.60. The average molecular weight is 441 g/mol. The highest BCUT2D eigenvalue weighted by Crippen LogP contribution is 2.38. The predicted octanol–water partition coefficient (Wildman–Crippen LogP) is 3.89. The molecule has 0 aliphatic rings. The Hall–Kier alpha value is -3.52. The van der Waals surface area contributed by atoms with Crippen LogP contribution in [0.2, 0.25) is 0 Å². The Bertz CT molecular complexity index is 1010. The van der Waals surface area contributed by atoms with E-state index in [1.54, 1.807) is 35.6 Å². The first-order valence-corrected chi connectivity index (χ1v) is 10.4. The number of carbonyl (C=O) groups is 2. The van der Waals surface area contributed by atoms with Gasteiger partial charge in [0, 0.05) is 16.1 Å². The van der Waals surface area contributed by atoms with Crippen molar-refractivity contribution >= 4 is 28.8 Å². The lowest BCUT2D eigenvalue weighted by Crippen LogP contribution is -2.24. The maximum Gasteiger partial charge on any atom is 0.255 e. The van der Waals surface area contributed by atoms with Gasteiger partial charge in [-0.05, 0) is 41.3 Å². The van der Waals surface area contributed by atoms with Crippen molar-refractivity contribution < 1.29 is 23.8 Å². The van der Waals surface area contributed by atoms with Crippen LogP contribution in [0.25, 0.3) is 0 Å². The van der Waals surface area contributed by atoms with Gasteiger partial charge in [0.25, 0.3) is 5.91 Å².